The summed E-state index contributed by atoms with van der Waals surface area (Å²) in [6, 6.07) is 3.75. The first-order valence-electron chi connectivity index (χ1n) is 6.26. The molecule has 0 bridgehead atoms. The van der Waals surface area contributed by atoms with E-state index in [4.69, 9.17) is 0 Å². The maximum Gasteiger partial charge on any atom is 0.340 e. The van der Waals surface area contributed by atoms with Gasteiger partial charge in [0.25, 0.3) is 0 Å². The molecule has 1 heterocycles. The van der Waals surface area contributed by atoms with Crippen molar-refractivity contribution >= 4 is 21.5 Å². The van der Waals surface area contributed by atoms with E-state index in [0.29, 0.717) is 12.1 Å². The molecule has 5 nitrogen and oxygen atoms in total. The van der Waals surface area contributed by atoms with E-state index in [1.165, 1.54) is 19.2 Å². The molecular weight excluding hydrogens is 285 g/mol. The molecule has 0 radical (unpaired) electrons. The first kappa shape index (κ1) is 14.8. The van der Waals surface area contributed by atoms with Crippen LogP contribution in [0, 0.1) is 5.82 Å². The Morgan fingerprint density at radius 3 is 2.85 bits per heavy atom. The number of halogens is 1. The first-order valence-corrected chi connectivity index (χ1v) is 8.08. The average molecular weight is 301 g/mol. The third kappa shape index (κ3) is 3.47. The Labute approximate surface area is 117 Å². The zero-order valence-electron chi connectivity index (χ0n) is 11.1. The van der Waals surface area contributed by atoms with E-state index in [1.54, 1.807) is 0 Å². The molecule has 0 aliphatic carbocycles. The number of benzene rings is 1. The largest absolute Gasteiger partial charge is 0.465 e. The summed E-state index contributed by atoms with van der Waals surface area (Å²) in [4.78, 5) is 11.4. The highest BCUT2D eigenvalue weighted by Crippen LogP contribution is 2.20. The van der Waals surface area contributed by atoms with Crippen LogP contribution in [0.25, 0.3) is 0 Å². The monoisotopic (exact) mass is 301 g/mol. The van der Waals surface area contributed by atoms with E-state index in [0.717, 1.165) is 12.5 Å². The average Bonchev–Trinajstić information content (AvgIpc) is 2.39. The van der Waals surface area contributed by atoms with Gasteiger partial charge < -0.3 is 10.1 Å². The molecule has 1 saturated heterocycles. The Balaban J connectivity index is 2.16. The van der Waals surface area contributed by atoms with Gasteiger partial charge in [0.15, 0.2) is 9.84 Å². The van der Waals surface area contributed by atoms with Crippen LogP contribution in [-0.2, 0) is 14.6 Å². The lowest BCUT2D eigenvalue weighted by atomic mass is 10.1. The molecule has 0 spiro atoms. The van der Waals surface area contributed by atoms with Crippen LogP contribution < -0.4 is 5.32 Å². The summed E-state index contributed by atoms with van der Waals surface area (Å²) >= 11 is 0. The van der Waals surface area contributed by atoms with Crippen molar-refractivity contribution in [1.82, 2.24) is 0 Å². The molecule has 7 heteroatoms. The Kier molecular flexibility index (Phi) is 4.27. The summed E-state index contributed by atoms with van der Waals surface area (Å²) in [5.74, 6) is -1.17. The Morgan fingerprint density at radius 2 is 2.20 bits per heavy atom. The van der Waals surface area contributed by atoms with Gasteiger partial charge in [-0.25, -0.2) is 17.6 Å². The highest BCUT2D eigenvalue weighted by molar-refractivity contribution is 7.91. The summed E-state index contributed by atoms with van der Waals surface area (Å²) < 4.78 is 41.1. The molecule has 0 amide bonds. The third-order valence-electron chi connectivity index (χ3n) is 3.21. The topological polar surface area (TPSA) is 72.5 Å². The normalized spacial score (nSPS) is 21.2. The van der Waals surface area contributed by atoms with Crippen LogP contribution in [0.2, 0.25) is 0 Å². The molecule has 0 saturated carbocycles. The summed E-state index contributed by atoms with van der Waals surface area (Å²) in [6.07, 6.45) is 1.33. The minimum absolute atomic E-state index is 0.0535. The molecule has 1 aromatic rings. The van der Waals surface area contributed by atoms with Crippen molar-refractivity contribution in [1.29, 1.82) is 0 Å². The van der Waals surface area contributed by atoms with Gasteiger partial charge in [0.2, 0.25) is 0 Å². The van der Waals surface area contributed by atoms with Crippen LogP contribution in [0.3, 0.4) is 0 Å². The number of esters is 1. The SMILES string of the molecule is COC(=O)c1cc(NC2CCCS(=O)(=O)C2)ccc1F. The maximum atomic E-state index is 13.5. The Hall–Kier alpha value is -1.63. The number of carbonyl (C=O) groups is 1. The maximum absolute atomic E-state index is 13.5. The van der Waals surface area contributed by atoms with Crippen LogP contribution in [-0.4, -0.2) is 39.0 Å². The molecule has 1 aliphatic rings. The number of nitrogens with one attached hydrogen (secondary N) is 1. The van der Waals surface area contributed by atoms with Gasteiger partial charge in [-0.2, -0.15) is 0 Å². The molecule has 1 aromatic carbocycles. The van der Waals surface area contributed by atoms with Crippen molar-refractivity contribution < 1.29 is 22.3 Å². The summed E-state index contributed by atoms with van der Waals surface area (Å²) in [7, 11) is -1.84. The second-order valence-corrected chi connectivity index (χ2v) is 7.01. The number of methoxy groups -OCH3 is 1. The van der Waals surface area contributed by atoms with Crippen LogP contribution in [0.1, 0.15) is 23.2 Å². The van der Waals surface area contributed by atoms with Crippen LogP contribution >= 0.6 is 0 Å². The predicted octanol–water partition coefficient (Wildman–Crippen LogP) is 1.60. The lowest BCUT2D eigenvalue weighted by Crippen LogP contribution is -2.34. The van der Waals surface area contributed by atoms with Crippen molar-refractivity contribution in [2.75, 3.05) is 23.9 Å². The molecule has 2 rings (SSSR count). The number of sulfone groups is 1. The number of anilines is 1. The van der Waals surface area contributed by atoms with Crippen molar-refractivity contribution in [2.45, 2.75) is 18.9 Å². The van der Waals surface area contributed by atoms with Crippen LogP contribution in [0.15, 0.2) is 18.2 Å². The molecular formula is C13H16FNO4S. The molecule has 20 heavy (non-hydrogen) atoms. The first-order chi connectivity index (χ1) is 9.41. The molecule has 1 aliphatic heterocycles. The third-order valence-corrected chi connectivity index (χ3v) is 5.03. The van der Waals surface area contributed by atoms with Gasteiger partial charge >= 0.3 is 5.97 Å². The Bertz CT molecular complexity index is 615. The van der Waals surface area contributed by atoms with Gasteiger partial charge in [-0.05, 0) is 31.0 Å². The lowest BCUT2D eigenvalue weighted by molar-refractivity contribution is 0.0595. The van der Waals surface area contributed by atoms with Gasteiger partial charge in [-0.3, -0.25) is 0 Å². The lowest BCUT2D eigenvalue weighted by Gasteiger charge is -2.24. The van der Waals surface area contributed by atoms with E-state index < -0.39 is 21.6 Å². The standard InChI is InChI=1S/C13H16FNO4S/c1-19-13(16)11-7-9(4-5-12(11)14)15-10-3-2-6-20(17,18)8-10/h4-5,7,10,15H,2-3,6,8H2,1H3. The van der Waals surface area contributed by atoms with Gasteiger partial charge in [-0.1, -0.05) is 0 Å². The quantitative estimate of drug-likeness (QED) is 0.859. The van der Waals surface area contributed by atoms with Gasteiger partial charge in [-0.15, -0.1) is 0 Å². The van der Waals surface area contributed by atoms with Crippen molar-refractivity contribution in [3.05, 3.63) is 29.6 Å². The molecule has 110 valence electrons. The minimum atomic E-state index is -3.02. The van der Waals surface area contributed by atoms with Crippen LogP contribution in [0.5, 0.6) is 0 Å². The number of hydrogen-bond donors (Lipinski definition) is 1. The number of carbonyl (C=O) groups excluding carboxylic acids is 1. The van der Waals surface area contributed by atoms with E-state index in [9.17, 15) is 17.6 Å². The second kappa shape index (κ2) is 5.78. The van der Waals surface area contributed by atoms with E-state index >= 15 is 0 Å². The summed E-state index contributed by atoms with van der Waals surface area (Å²) in [6.45, 7) is 0. The second-order valence-electron chi connectivity index (χ2n) is 4.78. The Morgan fingerprint density at radius 1 is 1.45 bits per heavy atom. The minimum Gasteiger partial charge on any atom is -0.465 e. The van der Waals surface area contributed by atoms with E-state index in [1.807, 2.05) is 0 Å². The number of rotatable bonds is 3. The predicted molar refractivity (Wildman–Crippen MR) is 73.0 cm³/mol. The van der Waals surface area contributed by atoms with Gasteiger partial charge in [0.1, 0.15) is 5.82 Å². The fourth-order valence-electron chi connectivity index (χ4n) is 2.25. The highest BCUT2D eigenvalue weighted by atomic mass is 32.2. The fraction of sp³-hybridized carbons (Fsp3) is 0.462. The number of hydrogen-bond acceptors (Lipinski definition) is 5. The summed E-state index contributed by atoms with van der Waals surface area (Å²) in [5.41, 5.74) is 0.338. The summed E-state index contributed by atoms with van der Waals surface area (Å²) in [5, 5.41) is 3.03. The molecule has 1 fully saturated rings. The molecule has 0 aromatic heterocycles. The van der Waals surface area contributed by atoms with E-state index in [2.05, 4.69) is 10.1 Å². The highest BCUT2D eigenvalue weighted by Gasteiger charge is 2.25. The molecule has 1 N–H and O–H groups in total. The van der Waals surface area contributed by atoms with Crippen LogP contribution in [0.4, 0.5) is 10.1 Å². The molecule has 1 atom stereocenters. The number of ether oxygens (including phenoxy) is 1. The van der Waals surface area contributed by atoms with E-state index in [-0.39, 0.29) is 23.1 Å². The van der Waals surface area contributed by atoms with Crippen molar-refractivity contribution in [3.63, 3.8) is 0 Å². The molecule has 1 unspecified atom stereocenters. The zero-order valence-corrected chi connectivity index (χ0v) is 11.9. The van der Waals surface area contributed by atoms with Gasteiger partial charge in [0, 0.05) is 11.7 Å². The van der Waals surface area contributed by atoms with Crippen molar-refractivity contribution in [3.8, 4) is 0 Å². The van der Waals surface area contributed by atoms with Crippen molar-refractivity contribution in [2.24, 2.45) is 0 Å². The van der Waals surface area contributed by atoms with Gasteiger partial charge in [0.05, 0.1) is 24.2 Å². The fourth-order valence-corrected chi connectivity index (χ4v) is 3.89. The smallest absolute Gasteiger partial charge is 0.340 e. The zero-order chi connectivity index (χ0) is 14.8.